The third kappa shape index (κ3) is 3.57. The molecule has 0 fully saturated rings. The Labute approximate surface area is 141 Å². The highest BCUT2D eigenvalue weighted by atomic mass is 19.4. The zero-order valence-electron chi connectivity index (χ0n) is 13.1. The Morgan fingerprint density at radius 3 is 2.32 bits per heavy atom. The van der Waals surface area contributed by atoms with Crippen molar-refractivity contribution in [1.82, 2.24) is 5.32 Å². The van der Waals surface area contributed by atoms with E-state index < -0.39 is 6.36 Å². The van der Waals surface area contributed by atoms with Crippen LogP contribution >= 0.6 is 0 Å². The summed E-state index contributed by atoms with van der Waals surface area (Å²) in [5.74, 6) is -0.950. The van der Waals surface area contributed by atoms with Gasteiger partial charge in [-0.05, 0) is 35.4 Å². The number of anilines is 1. The van der Waals surface area contributed by atoms with Crippen LogP contribution in [0.25, 0.3) is 11.1 Å². The molecule has 0 aliphatic carbocycles. The zero-order chi connectivity index (χ0) is 18.2. The van der Waals surface area contributed by atoms with Crippen LogP contribution in [0.1, 0.15) is 10.4 Å². The van der Waals surface area contributed by atoms with Crippen LogP contribution in [0, 0.1) is 0 Å². The Balaban J connectivity index is 1.94. The first kappa shape index (κ1) is 16.8. The minimum absolute atomic E-state index is 0.0944. The monoisotopic (exact) mass is 350 g/mol. The van der Waals surface area contributed by atoms with Gasteiger partial charge in [-0.2, -0.15) is 0 Å². The maximum absolute atomic E-state index is 12.2. The third-order valence-electron chi connectivity index (χ3n) is 3.80. The van der Waals surface area contributed by atoms with E-state index in [-0.39, 0.29) is 24.1 Å². The summed E-state index contributed by atoms with van der Waals surface area (Å²) in [6.07, 6.45) is -4.75. The minimum atomic E-state index is -4.75. The standard InChI is InChI=1S/C17H13F3N2O3/c1-22-14-7-4-11(8-13(14)16(24)21-9-15(22)23)10-2-5-12(6-3-10)25-17(18,19)20/h2-8H,9H2,1H3,(H,21,24). The maximum Gasteiger partial charge on any atom is 0.573 e. The largest absolute Gasteiger partial charge is 0.573 e. The van der Waals surface area contributed by atoms with Gasteiger partial charge >= 0.3 is 6.36 Å². The Morgan fingerprint density at radius 2 is 1.68 bits per heavy atom. The summed E-state index contributed by atoms with van der Waals surface area (Å²) in [5, 5.41) is 2.52. The molecule has 2 amide bonds. The molecule has 0 bridgehead atoms. The van der Waals surface area contributed by atoms with Gasteiger partial charge in [0.15, 0.2) is 0 Å². The zero-order valence-corrected chi connectivity index (χ0v) is 13.1. The van der Waals surface area contributed by atoms with Crippen LogP contribution in [0.15, 0.2) is 42.5 Å². The van der Waals surface area contributed by atoms with Gasteiger partial charge in [-0.25, -0.2) is 0 Å². The molecular formula is C17H13F3N2O3. The van der Waals surface area contributed by atoms with E-state index in [1.165, 1.54) is 29.2 Å². The number of alkyl halides is 3. The smallest absolute Gasteiger partial charge is 0.406 e. The molecule has 3 rings (SSSR count). The second-order valence-electron chi connectivity index (χ2n) is 5.44. The number of nitrogens with one attached hydrogen (secondary N) is 1. The van der Waals surface area contributed by atoms with Crippen molar-refractivity contribution >= 4 is 17.5 Å². The average molecular weight is 350 g/mol. The summed E-state index contributed by atoms with van der Waals surface area (Å²) in [6, 6.07) is 10.3. The molecule has 0 spiro atoms. The minimum Gasteiger partial charge on any atom is -0.406 e. The van der Waals surface area contributed by atoms with Crippen molar-refractivity contribution in [2.75, 3.05) is 18.5 Å². The van der Waals surface area contributed by atoms with Crippen LogP contribution in [0.2, 0.25) is 0 Å². The molecule has 130 valence electrons. The van der Waals surface area contributed by atoms with Crippen molar-refractivity contribution in [2.45, 2.75) is 6.36 Å². The van der Waals surface area contributed by atoms with E-state index in [2.05, 4.69) is 10.1 Å². The van der Waals surface area contributed by atoms with Crippen LogP contribution in [0.3, 0.4) is 0 Å². The Hall–Kier alpha value is -3.03. The fourth-order valence-corrected chi connectivity index (χ4v) is 2.54. The molecule has 1 aliphatic rings. The number of nitrogens with zero attached hydrogens (tertiary/aromatic N) is 1. The molecule has 8 heteroatoms. The van der Waals surface area contributed by atoms with E-state index in [1.807, 2.05) is 0 Å². The molecule has 0 saturated carbocycles. The number of ether oxygens (including phenoxy) is 1. The number of benzene rings is 2. The SMILES string of the molecule is CN1C(=O)CNC(=O)c2cc(-c3ccc(OC(F)(F)F)cc3)ccc21. The van der Waals surface area contributed by atoms with Crippen molar-refractivity contribution in [1.29, 1.82) is 0 Å². The number of carbonyl (C=O) groups is 2. The van der Waals surface area contributed by atoms with Gasteiger partial charge < -0.3 is 15.0 Å². The lowest BCUT2D eigenvalue weighted by Gasteiger charge is -2.17. The third-order valence-corrected chi connectivity index (χ3v) is 3.80. The van der Waals surface area contributed by atoms with Gasteiger partial charge in [0.25, 0.3) is 5.91 Å². The Bertz CT molecular complexity index is 832. The van der Waals surface area contributed by atoms with Crippen LogP contribution in [0.4, 0.5) is 18.9 Å². The number of likely N-dealkylation sites (N-methyl/N-ethyl adjacent to an activating group) is 1. The summed E-state index contributed by atoms with van der Waals surface area (Å²) in [5.41, 5.74) is 2.04. The number of rotatable bonds is 2. The lowest BCUT2D eigenvalue weighted by Crippen LogP contribution is -2.33. The molecule has 0 radical (unpaired) electrons. The van der Waals surface area contributed by atoms with Gasteiger partial charge in [0, 0.05) is 7.05 Å². The van der Waals surface area contributed by atoms with E-state index in [0.29, 0.717) is 22.4 Å². The fourth-order valence-electron chi connectivity index (χ4n) is 2.54. The molecule has 1 N–H and O–H groups in total. The number of carbonyl (C=O) groups excluding carboxylic acids is 2. The molecule has 1 aliphatic heterocycles. The predicted octanol–water partition coefficient (Wildman–Crippen LogP) is 2.96. The molecule has 25 heavy (non-hydrogen) atoms. The van der Waals surface area contributed by atoms with Crippen molar-refractivity contribution in [3.05, 3.63) is 48.0 Å². The molecular weight excluding hydrogens is 337 g/mol. The van der Waals surface area contributed by atoms with Gasteiger partial charge in [-0.3, -0.25) is 9.59 Å². The summed E-state index contributed by atoms with van der Waals surface area (Å²) in [6.45, 7) is -0.0944. The fraction of sp³-hybridized carbons (Fsp3) is 0.176. The van der Waals surface area contributed by atoms with Crippen LogP contribution in [-0.2, 0) is 4.79 Å². The lowest BCUT2D eigenvalue weighted by molar-refractivity contribution is -0.274. The molecule has 0 saturated heterocycles. The van der Waals surface area contributed by atoms with Crippen LogP contribution in [0.5, 0.6) is 5.75 Å². The molecule has 0 atom stereocenters. The van der Waals surface area contributed by atoms with Gasteiger partial charge in [0.2, 0.25) is 5.91 Å². The highest BCUT2D eigenvalue weighted by Gasteiger charge is 2.31. The molecule has 2 aromatic rings. The Kier molecular flexibility index (Phi) is 4.12. The number of fused-ring (bicyclic) bond motifs is 1. The first-order valence-electron chi connectivity index (χ1n) is 7.29. The second-order valence-corrected chi connectivity index (χ2v) is 5.44. The lowest BCUT2D eigenvalue weighted by atomic mass is 10.0. The van der Waals surface area contributed by atoms with Gasteiger partial charge in [-0.15, -0.1) is 13.2 Å². The van der Waals surface area contributed by atoms with E-state index >= 15 is 0 Å². The molecule has 5 nitrogen and oxygen atoms in total. The van der Waals surface area contributed by atoms with Crippen molar-refractivity contribution in [3.63, 3.8) is 0 Å². The number of hydrogen-bond acceptors (Lipinski definition) is 3. The predicted molar refractivity (Wildman–Crippen MR) is 84.3 cm³/mol. The molecule has 0 unspecified atom stereocenters. The topological polar surface area (TPSA) is 58.6 Å². The van der Waals surface area contributed by atoms with Crippen molar-refractivity contribution in [3.8, 4) is 16.9 Å². The number of amides is 2. The van der Waals surface area contributed by atoms with Crippen LogP contribution in [-0.4, -0.2) is 31.8 Å². The van der Waals surface area contributed by atoms with E-state index in [1.54, 1.807) is 25.2 Å². The summed E-state index contributed by atoms with van der Waals surface area (Å²) < 4.78 is 40.4. The average Bonchev–Trinajstić information content (AvgIpc) is 2.66. The second kappa shape index (κ2) is 6.12. The number of halogens is 3. The van der Waals surface area contributed by atoms with Gasteiger partial charge in [-0.1, -0.05) is 18.2 Å². The summed E-state index contributed by atoms with van der Waals surface area (Å²) >= 11 is 0. The maximum atomic E-state index is 12.2. The molecule has 1 heterocycles. The van der Waals surface area contributed by atoms with Gasteiger partial charge in [0.05, 0.1) is 17.8 Å². The van der Waals surface area contributed by atoms with E-state index in [4.69, 9.17) is 0 Å². The highest BCUT2D eigenvalue weighted by molar-refractivity contribution is 6.10. The van der Waals surface area contributed by atoms with E-state index in [0.717, 1.165) is 0 Å². The molecule has 2 aromatic carbocycles. The first-order valence-corrected chi connectivity index (χ1v) is 7.29. The van der Waals surface area contributed by atoms with Crippen LogP contribution < -0.4 is 15.0 Å². The van der Waals surface area contributed by atoms with Crippen molar-refractivity contribution in [2.24, 2.45) is 0 Å². The Morgan fingerprint density at radius 1 is 1.04 bits per heavy atom. The highest BCUT2D eigenvalue weighted by Crippen LogP contribution is 2.30. The number of hydrogen-bond donors (Lipinski definition) is 1. The van der Waals surface area contributed by atoms with Gasteiger partial charge in [0.1, 0.15) is 5.75 Å². The quantitative estimate of drug-likeness (QED) is 0.906. The van der Waals surface area contributed by atoms with Crippen molar-refractivity contribution < 1.29 is 27.5 Å². The summed E-state index contributed by atoms with van der Waals surface area (Å²) in [7, 11) is 1.57. The summed E-state index contributed by atoms with van der Waals surface area (Å²) in [4.78, 5) is 25.4. The van der Waals surface area contributed by atoms with E-state index in [9.17, 15) is 22.8 Å². The first-order chi connectivity index (χ1) is 11.7. The normalized spacial score (nSPS) is 14.6. The molecule has 0 aromatic heterocycles.